The lowest BCUT2D eigenvalue weighted by atomic mass is 10.1. The van der Waals surface area contributed by atoms with Crippen LogP contribution in [0.15, 0.2) is 48.5 Å². The third kappa shape index (κ3) is 4.21. The van der Waals surface area contributed by atoms with Crippen LogP contribution in [0.5, 0.6) is 5.75 Å². The van der Waals surface area contributed by atoms with Crippen molar-refractivity contribution in [1.82, 2.24) is 4.90 Å². The molecule has 0 unspecified atom stereocenters. The number of morpholine rings is 1. The lowest BCUT2D eigenvalue weighted by Gasteiger charge is -2.27. The van der Waals surface area contributed by atoms with Gasteiger partial charge >= 0.3 is 0 Å². The normalized spacial score (nSPS) is 14.0. The largest absolute Gasteiger partial charge is 0.493 e. The van der Waals surface area contributed by atoms with Crippen LogP contribution < -0.4 is 10.1 Å². The van der Waals surface area contributed by atoms with Crippen molar-refractivity contribution in [3.63, 3.8) is 0 Å². The molecule has 1 fully saturated rings. The molecule has 0 spiro atoms. The van der Waals surface area contributed by atoms with E-state index in [9.17, 15) is 9.59 Å². The zero-order valence-corrected chi connectivity index (χ0v) is 14.7. The van der Waals surface area contributed by atoms with Gasteiger partial charge in [0.25, 0.3) is 11.8 Å². The number of nitrogens with one attached hydrogen (secondary N) is 1. The molecule has 1 heterocycles. The number of ether oxygens (including phenoxy) is 2. The van der Waals surface area contributed by atoms with E-state index in [0.29, 0.717) is 55.5 Å². The molecule has 1 aliphatic heterocycles. The number of para-hydroxylation sites is 1. The van der Waals surface area contributed by atoms with E-state index in [-0.39, 0.29) is 11.8 Å². The highest BCUT2D eigenvalue weighted by Gasteiger charge is 2.19. The number of nitrogens with zero attached hydrogens (tertiary/aromatic N) is 1. The van der Waals surface area contributed by atoms with E-state index in [1.165, 1.54) is 0 Å². The van der Waals surface area contributed by atoms with Gasteiger partial charge in [-0.05, 0) is 37.3 Å². The summed E-state index contributed by atoms with van der Waals surface area (Å²) in [4.78, 5) is 26.9. The van der Waals surface area contributed by atoms with Crippen molar-refractivity contribution in [2.45, 2.75) is 6.92 Å². The van der Waals surface area contributed by atoms with Crippen LogP contribution in [0.2, 0.25) is 0 Å². The molecular weight excluding hydrogens is 332 g/mol. The topological polar surface area (TPSA) is 67.9 Å². The van der Waals surface area contributed by atoms with Crippen molar-refractivity contribution in [3.8, 4) is 5.75 Å². The summed E-state index contributed by atoms with van der Waals surface area (Å²) >= 11 is 0. The van der Waals surface area contributed by atoms with Gasteiger partial charge < -0.3 is 19.7 Å². The molecule has 0 aliphatic carbocycles. The molecular formula is C20H22N2O4. The highest BCUT2D eigenvalue weighted by Crippen LogP contribution is 2.20. The lowest BCUT2D eigenvalue weighted by Crippen LogP contribution is -2.40. The lowest BCUT2D eigenvalue weighted by molar-refractivity contribution is 0.0303. The monoisotopic (exact) mass is 354 g/mol. The highest BCUT2D eigenvalue weighted by molar-refractivity contribution is 6.06. The predicted molar refractivity (Wildman–Crippen MR) is 98.7 cm³/mol. The Hall–Kier alpha value is -2.86. The minimum atomic E-state index is -0.273. The van der Waals surface area contributed by atoms with Crippen molar-refractivity contribution < 1.29 is 19.1 Å². The molecule has 2 amide bonds. The summed E-state index contributed by atoms with van der Waals surface area (Å²) in [5, 5.41) is 2.84. The van der Waals surface area contributed by atoms with Crippen LogP contribution in [0.25, 0.3) is 0 Å². The van der Waals surface area contributed by atoms with Gasteiger partial charge in [-0.1, -0.05) is 18.2 Å². The second-order valence-electron chi connectivity index (χ2n) is 5.87. The Labute approximate surface area is 152 Å². The van der Waals surface area contributed by atoms with Crippen molar-refractivity contribution in [2.75, 3.05) is 38.2 Å². The zero-order chi connectivity index (χ0) is 18.4. The van der Waals surface area contributed by atoms with E-state index in [1.54, 1.807) is 47.4 Å². The fourth-order valence-electron chi connectivity index (χ4n) is 2.81. The van der Waals surface area contributed by atoms with Crippen LogP contribution in [0.4, 0.5) is 5.69 Å². The molecule has 0 radical (unpaired) electrons. The molecule has 1 aliphatic rings. The smallest absolute Gasteiger partial charge is 0.259 e. The molecule has 6 heteroatoms. The van der Waals surface area contributed by atoms with E-state index in [0.717, 1.165) is 0 Å². The number of carbonyl (C=O) groups excluding carboxylic acids is 2. The van der Waals surface area contributed by atoms with Gasteiger partial charge in [0, 0.05) is 24.3 Å². The number of rotatable bonds is 5. The Kier molecular flexibility index (Phi) is 5.86. The summed E-state index contributed by atoms with van der Waals surface area (Å²) in [5.41, 5.74) is 1.57. The molecule has 1 N–H and O–H groups in total. The molecule has 3 rings (SSSR count). The van der Waals surface area contributed by atoms with Gasteiger partial charge in [-0.2, -0.15) is 0 Å². The molecule has 0 bridgehead atoms. The first-order chi connectivity index (χ1) is 12.7. The third-order valence-electron chi connectivity index (χ3n) is 4.10. The van der Waals surface area contributed by atoms with Crippen molar-refractivity contribution in [1.29, 1.82) is 0 Å². The number of hydrogen-bond acceptors (Lipinski definition) is 4. The van der Waals surface area contributed by atoms with Crippen molar-refractivity contribution >= 4 is 17.5 Å². The Morgan fingerprint density at radius 1 is 1.12 bits per heavy atom. The maximum absolute atomic E-state index is 12.6. The molecule has 0 atom stereocenters. The molecule has 6 nitrogen and oxygen atoms in total. The molecule has 136 valence electrons. The number of benzene rings is 2. The van der Waals surface area contributed by atoms with Crippen LogP contribution in [0.1, 0.15) is 27.6 Å². The first-order valence-electron chi connectivity index (χ1n) is 8.69. The molecule has 1 saturated heterocycles. The number of carbonyl (C=O) groups is 2. The van der Waals surface area contributed by atoms with E-state index in [4.69, 9.17) is 9.47 Å². The van der Waals surface area contributed by atoms with Gasteiger partial charge in [0.2, 0.25) is 0 Å². The van der Waals surface area contributed by atoms with Crippen LogP contribution in [-0.2, 0) is 4.74 Å². The first-order valence-corrected chi connectivity index (χ1v) is 8.69. The Morgan fingerprint density at radius 3 is 2.65 bits per heavy atom. The molecule has 2 aromatic carbocycles. The standard InChI is InChI=1S/C20H22N2O4/c1-2-26-18-9-4-3-8-17(18)19(23)21-16-7-5-6-15(14-16)20(24)22-10-12-25-13-11-22/h3-9,14H,2,10-13H2,1H3,(H,21,23). The Bertz CT molecular complexity index is 785. The molecule has 26 heavy (non-hydrogen) atoms. The van der Waals surface area contributed by atoms with Crippen LogP contribution >= 0.6 is 0 Å². The van der Waals surface area contributed by atoms with Gasteiger partial charge in [-0.25, -0.2) is 0 Å². The second kappa shape index (κ2) is 8.49. The maximum Gasteiger partial charge on any atom is 0.259 e. The fraction of sp³-hybridized carbons (Fsp3) is 0.300. The molecule has 0 saturated carbocycles. The number of hydrogen-bond donors (Lipinski definition) is 1. The number of amides is 2. The predicted octanol–water partition coefficient (Wildman–Crippen LogP) is 2.81. The average Bonchev–Trinajstić information content (AvgIpc) is 2.69. The van der Waals surface area contributed by atoms with Crippen molar-refractivity contribution in [3.05, 3.63) is 59.7 Å². The van der Waals surface area contributed by atoms with E-state index in [1.807, 2.05) is 13.0 Å². The fourth-order valence-corrected chi connectivity index (χ4v) is 2.81. The van der Waals surface area contributed by atoms with E-state index >= 15 is 0 Å². The van der Waals surface area contributed by atoms with Crippen LogP contribution in [0.3, 0.4) is 0 Å². The molecule has 0 aromatic heterocycles. The Morgan fingerprint density at radius 2 is 1.88 bits per heavy atom. The quantitative estimate of drug-likeness (QED) is 0.897. The SMILES string of the molecule is CCOc1ccccc1C(=O)Nc1cccc(C(=O)N2CCOCC2)c1. The van der Waals surface area contributed by atoms with Gasteiger partial charge in [0.1, 0.15) is 5.75 Å². The summed E-state index contributed by atoms with van der Waals surface area (Å²) in [6.45, 7) is 4.62. The molecule has 2 aromatic rings. The summed E-state index contributed by atoms with van der Waals surface area (Å²) in [5.74, 6) is 0.206. The van der Waals surface area contributed by atoms with Gasteiger partial charge in [-0.15, -0.1) is 0 Å². The second-order valence-corrected chi connectivity index (χ2v) is 5.87. The van der Waals surface area contributed by atoms with Gasteiger partial charge in [0.15, 0.2) is 0 Å². The van der Waals surface area contributed by atoms with Gasteiger partial charge in [0.05, 0.1) is 25.4 Å². The van der Waals surface area contributed by atoms with E-state index in [2.05, 4.69) is 5.32 Å². The summed E-state index contributed by atoms with van der Waals surface area (Å²) in [6, 6.07) is 14.1. The van der Waals surface area contributed by atoms with E-state index < -0.39 is 0 Å². The van der Waals surface area contributed by atoms with Crippen LogP contribution in [-0.4, -0.2) is 49.6 Å². The first kappa shape index (κ1) is 17.9. The highest BCUT2D eigenvalue weighted by atomic mass is 16.5. The summed E-state index contributed by atoms with van der Waals surface area (Å²) in [7, 11) is 0. The van der Waals surface area contributed by atoms with Crippen LogP contribution in [0, 0.1) is 0 Å². The maximum atomic E-state index is 12.6. The summed E-state index contributed by atoms with van der Waals surface area (Å²) in [6.07, 6.45) is 0. The zero-order valence-electron chi connectivity index (χ0n) is 14.7. The van der Waals surface area contributed by atoms with Gasteiger partial charge in [-0.3, -0.25) is 9.59 Å². The number of anilines is 1. The Balaban J connectivity index is 1.74. The minimum absolute atomic E-state index is 0.0564. The summed E-state index contributed by atoms with van der Waals surface area (Å²) < 4.78 is 10.8. The van der Waals surface area contributed by atoms with Crippen molar-refractivity contribution in [2.24, 2.45) is 0 Å². The average molecular weight is 354 g/mol. The minimum Gasteiger partial charge on any atom is -0.493 e. The third-order valence-corrected chi connectivity index (χ3v) is 4.10.